The van der Waals surface area contributed by atoms with Gasteiger partial charge >= 0.3 is 0 Å². The van der Waals surface area contributed by atoms with E-state index in [1.807, 2.05) is 0 Å². The highest BCUT2D eigenvalue weighted by molar-refractivity contribution is 7.81. The average Bonchev–Trinajstić information content (AvgIpc) is 2.13. The first-order valence-electron chi connectivity index (χ1n) is 3.15. The number of benzene rings is 1. The molecular formula is C7H4O2S4. The van der Waals surface area contributed by atoms with E-state index in [0.29, 0.717) is 9.41 Å². The lowest BCUT2D eigenvalue weighted by Crippen LogP contribution is -2.07. The molecule has 0 N–H and O–H groups in total. The highest BCUT2D eigenvalue weighted by atomic mass is 32.1. The molecule has 0 fully saturated rings. The predicted octanol–water partition coefficient (Wildman–Crippen LogP) is 2.41. The van der Waals surface area contributed by atoms with E-state index in [-0.39, 0.29) is 14.8 Å². The van der Waals surface area contributed by atoms with Crippen molar-refractivity contribution in [3.05, 3.63) is 23.8 Å². The summed E-state index contributed by atoms with van der Waals surface area (Å²) in [4.78, 5) is 11.7. The molecule has 0 aliphatic rings. The van der Waals surface area contributed by atoms with E-state index >= 15 is 0 Å². The molecule has 0 amide bonds. The van der Waals surface area contributed by atoms with Gasteiger partial charge in [-0.2, -0.15) is 0 Å². The first-order valence-corrected chi connectivity index (χ1v) is 4.82. The van der Waals surface area contributed by atoms with Gasteiger partial charge < -0.3 is 4.74 Å². The third kappa shape index (κ3) is 1.71. The molecule has 1 aromatic rings. The molecule has 0 unspecified atom stereocenters. The van der Waals surface area contributed by atoms with Gasteiger partial charge in [0.1, 0.15) is 4.51 Å². The lowest BCUT2D eigenvalue weighted by atomic mass is 10.3. The highest BCUT2D eigenvalue weighted by Gasteiger charge is 2.09. The summed E-state index contributed by atoms with van der Waals surface area (Å²) < 4.78 is 5.38. The van der Waals surface area contributed by atoms with E-state index in [4.69, 9.17) is 41.4 Å². The van der Waals surface area contributed by atoms with Crippen molar-refractivity contribution in [1.29, 1.82) is 0 Å². The minimum Gasteiger partial charge on any atom is -0.491 e. The summed E-state index contributed by atoms with van der Waals surface area (Å²) in [6, 6.07) is 0. The SMILES string of the molecule is COc1c(S)c(=S)c(=S)c(=S)c1=O. The Hall–Kier alpha value is -0.170. The monoisotopic (exact) mass is 248 g/mol. The zero-order valence-corrected chi connectivity index (χ0v) is 9.83. The minimum atomic E-state index is -0.416. The average molecular weight is 248 g/mol. The van der Waals surface area contributed by atoms with Crippen LogP contribution < -0.4 is 10.2 Å². The van der Waals surface area contributed by atoms with Gasteiger partial charge in [0, 0.05) is 0 Å². The van der Waals surface area contributed by atoms with Crippen LogP contribution in [0.15, 0.2) is 9.69 Å². The molecule has 1 aromatic carbocycles. The molecule has 0 saturated heterocycles. The second kappa shape index (κ2) is 3.91. The van der Waals surface area contributed by atoms with Crippen molar-refractivity contribution in [3.63, 3.8) is 0 Å². The molecule has 0 aromatic heterocycles. The Morgan fingerprint density at radius 3 is 2.15 bits per heavy atom. The maximum absolute atomic E-state index is 11.4. The Labute approximate surface area is 95.3 Å². The van der Waals surface area contributed by atoms with Crippen LogP contribution in [0.2, 0.25) is 0 Å². The summed E-state index contributed by atoms with van der Waals surface area (Å²) >= 11 is 18.6. The Balaban J connectivity index is 4.02. The molecule has 0 saturated carbocycles. The van der Waals surface area contributed by atoms with Gasteiger partial charge in [-0.25, -0.2) is 0 Å². The van der Waals surface area contributed by atoms with E-state index in [2.05, 4.69) is 12.6 Å². The maximum atomic E-state index is 11.4. The normalized spacial score (nSPS) is 10.0. The van der Waals surface area contributed by atoms with E-state index in [1.54, 1.807) is 0 Å². The Bertz CT molecular complexity index is 539. The molecule has 0 atom stereocenters. The molecule has 0 bridgehead atoms. The van der Waals surface area contributed by atoms with E-state index in [9.17, 15) is 4.79 Å². The molecule has 0 spiro atoms. The van der Waals surface area contributed by atoms with Crippen LogP contribution in [0.4, 0.5) is 0 Å². The quantitative estimate of drug-likeness (QED) is 0.608. The number of hydrogen-bond donors (Lipinski definition) is 1. The van der Waals surface area contributed by atoms with Crippen molar-refractivity contribution in [3.8, 4) is 5.75 Å². The number of hydrogen-bond acceptors (Lipinski definition) is 6. The minimum absolute atomic E-state index is 0.0367. The number of thiol groups is 1. The lowest BCUT2D eigenvalue weighted by molar-refractivity contribution is 0.400. The smallest absolute Gasteiger partial charge is 0.241 e. The summed E-state index contributed by atoms with van der Waals surface area (Å²) in [5.41, 5.74) is -0.416. The van der Waals surface area contributed by atoms with Crippen LogP contribution in [0.3, 0.4) is 0 Å². The largest absolute Gasteiger partial charge is 0.491 e. The van der Waals surface area contributed by atoms with Crippen LogP contribution in [0.5, 0.6) is 5.75 Å². The van der Waals surface area contributed by atoms with Crippen LogP contribution in [-0.2, 0) is 0 Å². The second-order valence-corrected chi connectivity index (χ2v) is 3.87. The van der Waals surface area contributed by atoms with Gasteiger partial charge in [-0.3, -0.25) is 4.79 Å². The van der Waals surface area contributed by atoms with Gasteiger partial charge in [0.2, 0.25) is 5.43 Å². The fourth-order valence-corrected chi connectivity index (χ4v) is 1.85. The van der Waals surface area contributed by atoms with Crippen molar-refractivity contribution in [2.75, 3.05) is 7.11 Å². The molecule has 1 rings (SSSR count). The van der Waals surface area contributed by atoms with E-state index in [0.717, 1.165) is 0 Å². The van der Waals surface area contributed by atoms with Gasteiger partial charge in [-0.15, -0.1) is 12.6 Å². The van der Waals surface area contributed by atoms with Gasteiger partial charge in [-0.1, -0.05) is 36.7 Å². The van der Waals surface area contributed by atoms with E-state index < -0.39 is 5.43 Å². The zero-order valence-electron chi connectivity index (χ0n) is 6.49. The summed E-state index contributed by atoms with van der Waals surface area (Å²) in [7, 11) is 1.36. The van der Waals surface area contributed by atoms with Crippen LogP contribution in [0, 0.1) is 13.5 Å². The van der Waals surface area contributed by atoms with Gasteiger partial charge in [-0.05, 0) is 0 Å². The van der Waals surface area contributed by atoms with Gasteiger partial charge in [0.15, 0.2) is 5.75 Å². The molecular weight excluding hydrogens is 244 g/mol. The summed E-state index contributed by atoms with van der Waals surface area (Å²) in [5.74, 6) is 0.0759. The molecule has 0 aliphatic carbocycles. The number of ether oxygens (including phenoxy) is 1. The van der Waals surface area contributed by atoms with Crippen molar-refractivity contribution in [2.24, 2.45) is 0 Å². The summed E-state index contributed by atoms with van der Waals surface area (Å²) in [6.07, 6.45) is 0. The fourth-order valence-electron chi connectivity index (χ4n) is 0.817. The Kier molecular flexibility index (Phi) is 3.28. The third-order valence-electron chi connectivity index (χ3n) is 1.46. The maximum Gasteiger partial charge on any atom is 0.241 e. The van der Waals surface area contributed by atoms with Crippen molar-refractivity contribution in [1.82, 2.24) is 0 Å². The first kappa shape index (κ1) is 10.9. The molecule has 13 heavy (non-hydrogen) atoms. The van der Waals surface area contributed by atoms with Crippen LogP contribution in [0.1, 0.15) is 0 Å². The molecule has 68 valence electrons. The second-order valence-electron chi connectivity index (χ2n) is 2.20. The van der Waals surface area contributed by atoms with Gasteiger partial charge in [0.25, 0.3) is 0 Å². The standard InChI is InChI=1S/C7H4O2S4/c1-9-3-2(8)4(10)6(12)7(13)5(3)11/h11H,1H3. The predicted molar refractivity (Wildman–Crippen MR) is 61.4 cm³/mol. The van der Waals surface area contributed by atoms with Gasteiger partial charge in [0.05, 0.1) is 21.0 Å². The molecule has 0 heterocycles. The molecule has 2 nitrogen and oxygen atoms in total. The summed E-state index contributed by atoms with van der Waals surface area (Å²) in [6.45, 7) is 0. The lowest BCUT2D eigenvalue weighted by Gasteiger charge is -2.00. The topological polar surface area (TPSA) is 26.3 Å². The first-order chi connectivity index (χ1) is 6.00. The summed E-state index contributed by atoms with van der Waals surface area (Å²) in [5, 5.41) is 0. The number of rotatable bonds is 1. The van der Waals surface area contributed by atoms with Crippen LogP contribution in [-0.4, -0.2) is 7.11 Å². The number of methoxy groups -OCH3 is 1. The van der Waals surface area contributed by atoms with Crippen LogP contribution in [0.25, 0.3) is 0 Å². The van der Waals surface area contributed by atoms with Crippen molar-refractivity contribution in [2.45, 2.75) is 4.90 Å². The zero-order chi connectivity index (χ0) is 10.2. The molecule has 0 radical (unpaired) electrons. The molecule has 6 heteroatoms. The highest BCUT2D eigenvalue weighted by Crippen LogP contribution is 2.20. The Morgan fingerprint density at radius 2 is 1.69 bits per heavy atom. The van der Waals surface area contributed by atoms with Crippen molar-refractivity contribution < 1.29 is 4.74 Å². The molecule has 0 aliphatic heterocycles. The third-order valence-corrected chi connectivity index (χ3v) is 3.50. The fraction of sp³-hybridized carbons (Fsp3) is 0.143. The van der Waals surface area contributed by atoms with E-state index in [1.165, 1.54) is 7.11 Å². The van der Waals surface area contributed by atoms with Crippen LogP contribution >= 0.6 is 49.3 Å². The van der Waals surface area contributed by atoms with Crippen molar-refractivity contribution >= 4 is 49.3 Å². The Morgan fingerprint density at radius 1 is 1.15 bits per heavy atom.